The Labute approximate surface area is 183 Å². The molecule has 5 nitrogen and oxygen atoms in total. The molecule has 3 aliphatic rings. The molecular weight excluding hydrogens is 451 g/mol. The Morgan fingerprint density at radius 2 is 1.63 bits per heavy atom. The van der Waals surface area contributed by atoms with Crippen LogP contribution in [-0.2, 0) is 4.74 Å². The van der Waals surface area contributed by atoms with Crippen LogP contribution < -0.4 is 5.32 Å². The maximum atomic E-state index is 5.62. The maximum absolute atomic E-state index is 5.62. The van der Waals surface area contributed by atoms with Crippen LogP contribution in [0.25, 0.3) is 0 Å². The quantitative estimate of drug-likeness (QED) is 0.371. The van der Waals surface area contributed by atoms with Gasteiger partial charge >= 0.3 is 0 Å². The average molecular weight is 492 g/mol. The molecule has 3 rings (SSSR count). The summed E-state index contributed by atoms with van der Waals surface area (Å²) in [6.07, 6.45) is 13.4. The second kappa shape index (κ2) is 10.6. The molecule has 0 atom stereocenters. The summed E-state index contributed by atoms with van der Waals surface area (Å²) in [7, 11) is 6.36. The molecule has 1 N–H and O–H groups in total. The Bertz CT molecular complexity index is 469. The molecule has 2 saturated heterocycles. The van der Waals surface area contributed by atoms with E-state index >= 15 is 0 Å². The van der Waals surface area contributed by atoms with E-state index < -0.39 is 0 Å². The van der Waals surface area contributed by atoms with Gasteiger partial charge in [-0.1, -0.05) is 25.7 Å². The van der Waals surface area contributed by atoms with Gasteiger partial charge in [0.15, 0.2) is 5.96 Å². The molecular formula is C21H41IN4O. The predicted molar refractivity (Wildman–Crippen MR) is 124 cm³/mol. The minimum absolute atomic E-state index is 0. The normalized spacial score (nSPS) is 25.8. The van der Waals surface area contributed by atoms with E-state index in [9.17, 15) is 0 Å². The zero-order valence-corrected chi connectivity index (χ0v) is 20.1. The van der Waals surface area contributed by atoms with Crippen molar-refractivity contribution in [2.45, 2.75) is 69.7 Å². The number of aliphatic imine (C=N–C) groups is 1. The van der Waals surface area contributed by atoms with E-state index in [1.807, 2.05) is 7.05 Å². The first kappa shape index (κ1) is 23.2. The third-order valence-corrected chi connectivity index (χ3v) is 7.28. The van der Waals surface area contributed by atoms with Crippen LogP contribution in [0.1, 0.15) is 64.2 Å². The third-order valence-electron chi connectivity index (χ3n) is 7.28. The maximum Gasteiger partial charge on any atom is 0.193 e. The topological polar surface area (TPSA) is 40.1 Å². The fourth-order valence-corrected chi connectivity index (χ4v) is 5.38. The van der Waals surface area contributed by atoms with Crippen LogP contribution in [0.15, 0.2) is 4.99 Å². The highest BCUT2D eigenvalue weighted by atomic mass is 127. The van der Waals surface area contributed by atoms with E-state index in [-0.39, 0.29) is 29.5 Å². The standard InChI is InChI=1S/C21H40N4O.HI/c1-22-19(23-17-21(24(2)3)12-15-26-16-13-21)25-14-8-11-20(18-25)9-6-4-5-7-10-20;/h4-18H2,1-3H3,(H,22,23);1H. The average Bonchev–Trinajstić information content (AvgIpc) is 2.88. The van der Waals surface area contributed by atoms with Crippen molar-refractivity contribution in [3.05, 3.63) is 0 Å². The second-order valence-electron chi connectivity index (χ2n) is 9.07. The van der Waals surface area contributed by atoms with Gasteiger partial charge in [-0.15, -0.1) is 24.0 Å². The highest BCUT2D eigenvalue weighted by Crippen LogP contribution is 2.42. The first-order valence-corrected chi connectivity index (χ1v) is 10.8. The molecule has 158 valence electrons. The number of halogens is 1. The lowest BCUT2D eigenvalue weighted by molar-refractivity contribution is -0.00549. The van der Waals surface area contributed by atoms with Crippen molar-refractivity contribution in [3.63, 3.8) is 0 Å². The van der Waals surface area contributed by atoms with Crippen molar-refractivity contribution in [3.8, 4) is 0 Å². The van der Waals surface area contributed by atoms with Crippen LogP contribution in [0.4, 0.5) is 0 Å². The van der Waals surface area contributed by atoms with Crippen LogP contribution in [-0.4, -0.2) is 75.3 Å². The highest BCUT2D eigenvalue weighted by molar-refractivity contribution is 14.0. The number of likely N-dealkylation sites (tertiary alicyclic amines) is 1. The Morgan fingerprint density at radius 1 is 1.00 bits per heavy atom. The Balaban J connectivity index is 0.00000261. The van der Waals surface area contributed by atoms with Gasteiger partial charge in [-0.3, -0.25) is 4.99 Å². The molecule has 0 radical (unpaired) electrons. The molecule has 2 aliphatic heterocycles. The number of ether oxygens (including phenoxy) is 1. The lowest BCUT2D eigenvalue weighted by Gasteiger charge is -2.46. The van der Waals surface area contributed by atoms with Gasteiger partial charge in [-0.05, 0) is 58.0 Å². The van der Waals surface area contributed by atoms with E-state index in [2.05, 4.69) is 34.2 Å². The summed E-state index contributed by atoms with van der Waals surface area (Å²) in [5, 5.41) is 3.75. The minimum Gasteiger partial charge on any atom is -0.381 e. The Kier molecular flexibility index (Phi) is 9.13. The Hall–Kier alpha value is -0.0800. The molecule has 27 heavy (non-hydrogen) atoms. The number of hydrogen-bond donors (Lipinski definition) is 1. The first-order chi connectivity index (χ1) is 12.6. The monoisotopic (exact) mass is 492 g/mol. The predicted octanol–water partition coefficient (Wildman–Crippen LogP) is 3.73. The van der Waals surface area contributed by atoms with E-state index in [0.717, 1.165) is 45.1 Å². The van der Waals surface area contributed by atoms with Gasteiger partial charge in [0.2, 0.25) is 0 Å². The largest absolute Gasteiger partial charge is 0.381 e. The summed E-state index contributed by atoms with van der Waals surface area (Å²) in [5.74, 6) is 1.11. The van der Waals surface area contributed by atoms with E-state index in [1.54, 1.807) is 0 Å². The van der Waals surface area contributed by atoms with Gasteiger partial charge < -0.3 is 19.9 Å². The number of guanidine groups is 1. The smallest absolute Gasteiger partial charge is 0.193 e. The molecule has 1 saturated carbocycles. The fraction of sp³-hybridized carbons (Fsp3) is 0.952. The first-order valence-electron chi connectivity index (χ1n) is 10.8. The molecule has 6 heteroatoms. The van der Waals surface area contributed by atoms with Crippen LogP contribution in [0.5, 0.6) is 0 Å². The molecule has 2 heterocycles. The van der Waals surface area contributed by atoms with Crippen molar-refractivity contribution in [2.75, 3.05) is 54.0 Å². The zero-order valence-electron chi connectivity index (χ0n) is 17.8. The van der Waals surface area contributed by atoms with Gasteiger partial charge in [0.1, 0.15) is 0 Å². The van der Waals surface area contributed by atoms with Crippen molar-refractivity contribution in [1.82, 2.24) is 15.1 Å². The zero-order chi connectivity index (χ0) is 18.5. The van der Waals surface area contributed by atoms with Crippen molar-refractivity contribution in [2.24, 2.45) is 10.4 Å². The SMILES string of the molecule is CN=C(NCC1(N(C)C)CCOCC1)N1CCCC2(CCCCCC2)C1.I. The van der Waals surface area contributed by atoms with E-state index in [0.29, 0.717) is 5.41 Å². The molecule has 0 unspecified atom stereocenters. The highest BCUT2D eigenvalue weighted by Gasteiger charge is 2.38. The van der Waals surface area contributed by atoms with Gasteiger partial charge in [-0.2, -0.15) is 0 Å². The molecule has 0 aromatic carbocycles. The number of piperidine rings is 1. The van der Waals surface area contributed by atoms with Crippen LogP contribution >= 0.6 is 24.0 Å². The molecule has 0 aromatic heterocycles. The van der Waals surface area contributed by atoms with Gasteiger partial charge in [0.25, 0.3) is 0 Å². The summed E-state index contributed by atoms with van der Waals surface area (Å²) < 4.78 is 5.62. The second-order valence-corrected chi connectivity index (χ2v) is 9.07. The van der Waals surface area contributed by atoms with E-state index in [1.165, 1.54) is 57.9 Å². The van der Waals surface area contributed by atoms with Gasteiger partial charge in [0, 0.05) is 45.4 Å². The molecule has 0 aromatic rings. The number of nitrogens with zero attached hydrogens (tertiary/aromatic N) is 3. The number of nitrogens with one attached hydrogen (secondary N) is 1. The summed E-state index contributed by atoms with van der Waals surface area (Å²) in [6.45, 7) is 5.04. The van der Waals surface area contributed by atoms with Gasteiger partial charge in [-0.25, -0.2) is 0 Å². The molecule has 0 bridgehead atoms. The van der Waals surface area contributed by atoms with Crippen molar-refractivity contribution in [1.29, 1.82) is 0 Å². The minimum atomic E-state index is 0. The summed E-state index contributed by atoms with van der Waals surface area (Å²) in [6, 6.07) is 0. The van der Waals surface area contributed by atoms with E-state index in [4.69, 9.17) is 4.74 Å². The number of likely N-dealkylation sites (N-methyl/N-ethyl adjacent to an activating group) is 1. The number of hydrogen-bond acceptors (Lipinski definition) is 3. The lowest BCUT2D eigenvalue weighted by atomic mass is 9.74. The van der Waals surface area contributed by atoms with Crippen molar-refractivity contribution < 1.29 is 4.74 Å². The fourth-order valence-electron chi connectivity index (χ4n) is 5.38. The Morgan fingerprint density at radius 3 is 2.22 bits per heavy atom. The third kappa shape index (κ3) is 5.72. The van der Waals surface area contributed by atoms with Crippen LogP contribution in [0, 0.1) is 5.41 Å². The lowest BCUT2D eigenvalue weighted by Crippen LogP contribution is -2.58. The van der Waals surface area contributed by atoms with Crippen LogP contribution in [0.2, 0.25) is 0 Å². The molecule has 1 aliphatic carbocycles. The summed E-state index contributed by atoms with van der Waals surface area (Å²) in [4.78, 5) is 9.61. The van der Waals surface area contributed by atoms with Crippen LogP contribution in [0.3, 0.4) is 0 Å². The molecule has 0 amide bonds. The molecule has 3 fully saturated rings. The summed E-state index contributed by atoms with van der Waals surface area (Å²) in [5.41, 5.74) is 0.730. The van der Waals surface area contributed by atoms with Gasteiger partial charge in [0.05, 0.1) is 0 Å². The summed E-state index contributed by atoms with van der Waals surface area (Å²) >= 11 is 0. The molecule has 1 spiro atoms. The van der Waals surface area contributed by atoms with Crippen molar-refractivity contribution >= 4 is 29.9 Å². The number of rotatable bonds is 3.